The molecule has 3 heterocycles. The van der Waals surface area contributed by atoms with E-state index >= 15 is 0 Å². The fraction of sp³-hybridized carbons (Fsp3) is 0.375. The number of thioether (sulfide) groups is 1. The molecule has 0 atom stereocenters. The van der Waals surface area contributed by atoms with Gasteiger partial charge < -0.3 is 9.80 Å². The number of nitrogens with one attached hydrogen (secondary N) is 1. The molecule has 0 spiro atoms. The third kappa shape index (κ3) is 2.47. The molecule has 0 unspecified atom stereocenters. The van der Waals surface area contributed by atoms with E-state index in [2.05, 4.69) is 44.0 Å². The molecule has 114 valence electrons. The maximum Gasteiger partial charge on any atom is 0.266 e. The normalized spacial score (nSPS) is 17.6. The number of H-pyrrole nitrogens is 1. The molecule has 0 saturated carbocycles. The van der Waals surface area contributed by atoms with Gasteiger partial charge >= 0.3 is 0 Å². The van der Waals surface area contributed by atoms with Crippen molar-refractivity contribution in [2.75, 3.05) is 41.7 Å². The third-order valence-electron chi connectivity index (χ3n) is 4.22. The molecule has 2 aromatic rings. The van der Waals surface area contributed by atoms with Crippen LogP contribution in [0.15, 0.2) is 40.0 Å². The molecular formula is C16H18N4OS. The largest absolute Gasteiger partial charge is 0.368 e. The molecule has 5 nitrogen and oxygen atoms in total. The highest BCUT2D eigenvalue weighted by Gasteiger charge is 2.23. The first kappa shape index (κ1) is 13.7. The summed E-state index contributed by atoms with van der Waals surface area (Å²) >= 11 is 1.61. The molecule has 1 aromatic heterocycles. The Morgan fingerprint density at radius 2 is 1.77 bits per heavy atom. The number of rotatable bonds is 2. The van der Waals surface area contributed by atoms with E-state index in [4.69, 9.17) is 0 Å². The number of fused-ring (bicyclic) bond motifs is 1. The summed E-state index contributed by atoms with van der Waals surface area (Å²) in [4.78, 5) is 25.1. The average molecular weight is 314 g/mol. The standard InChI is InChI=1S/C16H18N4OS/c21-15-14-13(6-11-22-14)17-16(18-15)20-9-7-19(8-10-20)12-4-2-1-3-5-12/h1-5H,6-11H2,(H,17,18,21). The number of aromatic nitrogens is 2. The minimum absolute atomic E-state index is 0.0213. The van der Waals surface area contributed by atoms with Crippen molar-refractivity contribution < 1.29 is 0 Å². The number of hydrogen-bond acceptors (Lipinski definition) is 5. The summed E-state index contributed by atoms with van der Waals surface area (Å²) in [5.74, 6) is 1.70. The molecule has 1 saturated heterocycles. The summed E-state index contributed by atoms with van der Waals surface area (Å²) in [5, 5.41) is 0. The Labute approximate surface area is 133 Å². The number of hydrogen-bond donors (Lipinski definition) is 1. The Morgan fingerprint density at radius 3 is 2.55 bits per heavy atom. The molecule has 0 amide bonds. The molecule has 1 fully saturated rings. The zero-order valence-electron chi connectivity index (χ0n) is 12.3. The summed E-state index contributed by atoms with van der Waals surface area (Å²) in [6.45, 7) is 3.65. The summed E-state index contributed by atoms with van der Waals surface area (Å²) < 4.78 is 0. The van der Waals surface area contributed by atoms with Crippen LogP contribution in [-0.2, 0) is 6.42 Å². The van der Waals surface area contributed by atoms with E-state index in [1.807, 2.05) is 6.07 Å². The van der Waals surface area contributed by atoms with Crippen LogP contribution in [0.1, 0.15) is 5.69 Å². The van der Waals surface area contributed by atoms with E-state index in [1.165, 1.54) is 5.69 Å². The van der Waals surface area contributed by atoms with Crippen molar-refractivity contribution in [2.24, 2.45) is 0 Å². The van der Waals surface area contributed by atoms with Gasteiger partial charge in [0.15, 0.2) is 0 Å². The van der Waals surface area contributed by atoms with Crippen molar-refractivity contribution in [3.63, 3.8) is 0 Å². The van der Waals surface area contributed by atoms with E-state index in [9.17, 15) is 4.79 Å². The first-order valence-corrected chi connectivity index (χ1v) is 8.61. The Balaban J connectivity index is 1.50. The van der Waals surface area contributed by atoms with Crippen LogP contribution in [0.4, 0.5) is 11.6 Å². The van der Waals surface area contributed by atoms with Gasteiger partial charge in [0.1, 0.15) is 0 Å². The third-order valence-corrected chi connectivity index (χ3v) is 5.34. The van der Waals surface area contributed by atoms with Crippen molar-refractivity contribution in [2.45, 2.75) is 11.3 Å². The molecule has 1 N–H and O–H groups in total. The van der Waals surface area contributed by atoms with Crippen molar-refractivity contribution in [1.29, 1.82) is 0 Å². The predicted octanol–water partition coefficient (Wildman–Crippen LogP) is 1.74. The van der Waals surface area contributed by atoms with Gasteiger partial charge in [-0.1, -0.05) is 18.2 Å². The summed E-state index contributed by atoms with van der Waals surface area (Å²) in [5.41, 5.74) is 2.25. The van der Waals surface area contributed by atoms with Crippen LogP contribution in [0.3, 0.4) is 0 Å². The Kier molecular flexibility index (Phi) is 3.54. The van der Waals surface area contributed by atoms with E-state index in [0.717, 1.165) is 54.9 Å². The van der Waals surface area contributed by atoms with Gasteiger partial charge in [-0.25, -0.2) is 4.98 Å². The Hall–Kier alpha value is -1.95. The van der Waals surface area contributed by atoms with Crippen LogP contribution in [0.25, 0.3) is 0 Å². The second-order valence-electron chi connectivity index (χ2n) is 5.57. The molecule has 2 aliphatic rings. The van der Waals surface area contributed by atoms with Crippen molar-refractivity contribution in [1.82, 2.24) is 9.97 Å². The molecule has 4 rings (SSSR count). The second-order valence-corrected chi connectivity index (χ2v) is 6.68. The molecular weight excluding hydrogens is 296 g/mol. The number of aryl methyl sites for hydroxylation is 1. The molecule has 2 aliphatic heterocycles. The fourth-order valence-corrected chi connectivity index (χ4v) is 4.02. The van der Waals surface area contributed by atoms with E-state index < -0.39 is 0 Å². The van der Waals surface area contributed by atoms with E-state index in [0.29, 0.717) is 0 Å². The lowest BCUT2D eigenvalue weighted by molar-refractivity contribution is 0.636. The molecule has 6 heteroatoms. The number of para-hydroxylation sites is 1. The number of benzene rings is 1. The molecule has 0 aliphatic carbocycles. The molecule has 0 bridgehead atoms. The Morgan fingerprint density at radius 1 is 1.05 bits per heavy atom. The highest BCUT2D eigenvalue weighted by Crippen LogP contribution is 2.27. The lowest BCUT2D eigenvalue weighted by Crippen LogP contribution is -2.47. The highest BCUT2D eigenvalue weighted by molar-refractivity contribution is 7.99. The summed E-state index contributed by atoms with van der Waals surface area (Å²) in [7, 11) is 0. The van der Waals surface area contributed by atoms with Crippen molar-refractivity contribution in [3.05, 3.63) is 46.4 Å². The van der Waals surface area contributed by atoms with Gasteiger partial charge in [0.2, 0.25) is 5.95 Å². The molecule has 0 radical (unpaired) electrons. The van der Waals surface area contributed by atoms with Crippen LogP contribution in [0, 0.1) is 0 Å². The maximum absolute atomic E-state index is 12.1. The lowest BCUT2D eigenvalue weighted by Gasteiger charge is -2.36. The highest BCUT2D eigenvalue weighted by atomic mass is 32.2. The zero-order valence-corrected chi connectivity index (χ0v) is 13.1. The van der Waals surface area contributed by atoms with Gasteiger partial charge in [0, 0.05) is 44.0 Å². The minimum Gasteiger partial charge on any atom is -0.368 e. The van der Waals surface area contributed by atoms with Crippen LogP contribution in [-0.4, -0.2) is 41.9 Å². The quantitative estimate of drug-likeness (QED) is 0.915. The zero-order chi connectivity index (χ0) is 14.9. The molecule has 22 heavy (non-hydrogen) atoms. The van der Waals surface area contributed by atoms with Gasteiger partial charge in [-0.3, -0.25) is 9.78 Å². The number of anilines is 2. The average Bonchev–Trinajstić information content (AvgIpc) is 3.05. The van der Waals surface area contributed by atoms with Gasteiger partial charge in [0.25, 0.3) is 5.56 Å². The minimum atomic E-state index is 0.0213. The smallest absolute Gasteiger partial charge is 0.266 e. The van der Waals surface area contributed by atoms with Gasteiger partial charge in [-0.05, 0) is 12.1 Å². The first-order valence-electron chi connectivity index (χ1n) is 7.62. The second kappa shape index (κ2) is 5.68. The topological polar surface area (TPSA) is 52.2 Å². The van der Waals surface area contributed by atoms with E-state index in [1.54, 1.807) is 11.8 Å². The first-order chi connectivity index (χ1) is 10.8. The fourth-order valence-electron chi connectivity index (χ4n) is 3.03. The van der Waals surface area contributed by atoms with Gasteiger partial charge in [0.05, 0.1) is 10.6 Å². The van der Waals surface area contributed by atoms with Gasteiger partial charge in [-0.2, -0.15) is 0 Å². The summed E-state index contributed by atoms with van der Waals surface area (Å²) in [6, 6.07) is 10.5. The number of nitrogens with zero attached hydrogens (tertiary/aromatic N) is 3. The predicted molar refractivity (Wildman–Crippen MR) is 90.2 cm³/mol. The maximum atomic E-state index is 12.1. The number of aromatic amines is 1. The van der Waals surface area contributed by atoms with Gasteiger partial charge in [-0.15, -0.1) is 11.8 Å². The number of piperazine rings is 1. The van der Waals surface area contributed by atoms with Crippen molar-refractivity contribution >= 4 is 23.4 Å². The van der Waals surface area contributed by atoms with Crippen molar-refractivity contribution in [3.8, 4) is 0 Å². The summed E-state index contributed by atoms with van der Waals surface area (Å²) in [6.07, 6.45) is 0.904. The van der Waals surface area contributed by atoms with Crippen LogP contribution >= 0.6 is 11.8 Å². The lowest BCUT2D eigenvalue weighted by atomic mass is 10.2. The van der Waals surface area contributed by atoms with E-state index in [-0.39, 0.29) is 5.56 Å². The monoisotopic (exact) mass is 314 g/mol. The van der Waals surface area contributed by atoms with Crippen LogP contribution in [0.5, 0.6) is 0 Å². The Bertz CT molecular complexity index is 723. The van der Waals surface area contributed by atoms with Crippen LogP contribution < -0.4 is 15.4 Å². The SMILES string of the molecule is O=c1[nH]c(N2CCN(c3ccccc3)CC2)nc2c1SCC2. The molecule has 1 aromatic carbocycles. The van der Waals surface area contributed by atoms with Crippen LogP contribution in [0.2, 0.25) is 0 Å².